The van der Waals surface area contributed by atoms with Crippen LogP contribution in [0.5, 0.6) is 5.75 Å². The van der Waals surface area contributed by atoms with Gasteiger partial charge in [-0.3, -0.25) is 4.68 Å². The Morgan fingerprint density at radius 2 is 1.94 bits per heavy atom. The van der Waals surface area contributed by atoms with Crippen LogP contribution in [-0.4, -0.2) is 32.7 Å². The van der Waals surface area contributed by atoms with Crippen LogP contribution in [0.25, 0.3) is 0 Å². The normalized spacial score (nSPS) is 21.3. The Morgan fingerprint density at radius 1 is 1.33 bits per heavy atom. The molecule has 0 radical (unpaired) electrons. The molecule has 1 unspecified atom stereocenters. The van der Waals surface area contributed by atoms with Gasteiger partial charge in [-0.2, -0.15) is 5.10 Å². The largest absolute Gasteiger partial charge is 0.493 e. The van der Waals surface area contributed by atoms with E-state index in [2.05, 4.69) is 5.10 Å². The number of aromatic nitrogens is 2. The first kappa shape index (κ1) is 13.4. The Morgan fingerprint density at radius 3 is 2.50 bits per heavy atom. The number of methoxy groups -OCH3 is 1. The van der Waals surface area contributed by atoms with Crippen molar-refractivity contribution in [3.8, 4) is 5.75 Å². The molecule has 1 aliphatic rings. The number of hydrogen-bond donors (Lipinski definition) is 2. The predicted octanol–water partition coefficient (Wildman–Crippen LogP) is 1.55. The fourth-order valence-corrected chi connectivity index (χ4v) is 2.76. The quantitative estimate of drug-likeness (QED) is 0.803. The van der Waals surface area contributed by atoms with Crippen LogP contribution in [0.3, 0.4) is 0 Å². The van der Waals surface area contributed by atoms with E-state index in [1.54, 1.807) is 25.0 Å². The zero-order valence-corrected chi connectivity index (χ0v) is 11.1. The molecular formula is C13H22N2O3. The van der Waals surface area contributed by atoms with Crippen LogP contribution in [-0.2, 0) is 7.05 Å². The van der Waals surface area contributed by atoms with Crippen molar-refractivity contribution in [1.82, 2.24) is 9.78 Å². The van der Waals surface area contributed by atoms with E-state index >= 15 is 0 Å². The van der Waals surface area contributed by atoms with E-state index in [9.17, 15) is 10.2 Å². The summed E-state index contributed by atoms with van der Waals surface area (Å²) in [6.45, 7) is 0. The van der Waals surface area contributed by atoms with Crippen LogP contribution in [0.1, 0.15) is 50.3 Å². The SMILES string of the molecule is COc1cnn(C)c1C(O)C1(O)CCCCCC1. The van der Waals surface area contributed by atoms with Crippen molar-refractivity contribution < 1.29 is 14.9 Å². The summed E-state index contributed by atoms with van der Waals surface area (Å²) in [6.07, 6.45) is 6.03. The summed E-state index contributed by atoms with van der Waals surface area (Å²) in [4.78, 5) is 0. The Hall–Kier alpha value is -1.07. The minimum absolute atomic E-state index is 0.530. The summed E-state index contributed by atoms with van der Waals surface area (Å²) in [5.41, 5.74) is -0.501. The minimum atomic E-state index is -1.06. The molecule has 102 valence electrons. The fourth-order valence-electron chi connectivity index (χ4n) is 2.76. The second-order valence-electron chi connectivity index (χ2n) is 5.14. The number of aliphatic hydroxyl groups excluding tert-OH is 1. The number of ether oxygens (including phenoxy) is 1. The highest BCUT2D eigenvalue weighted by molar-refractivity contribution is 5.29. The van der Waals surface area contributed by atoms with Crippen molar-refractivity contribution >= 4 is 0 Å². The zero-order chi connectivity index (χ0) is 13.2. The summed E-state index contributed by atoms with van der Waals surface area (Å²) >= 11 is 0. The monoisotopic (exact) mass is 254 g/mol. The Balaban J connectivity index is 2.28. The van der Waals surface area contributed by atoms with Gasteiger partial charge in [-0.1, -0.05) is 25.7 Å². The van der Waals surface area contributed by atoms with Crippen molar-refractivity contribution in [1.29, 1.82) is 0 Å². The molecule has 1 saturated carbocycles. The number of hydrogen-bond acceptors (Lipinski definition) is 4. The molecule has 1 atom stereocenters. The lowest BCUT2D eigenvalue weighted by Gasteiger charge is -2.32. The van der Waals surface area contributed by atoms with Gasteiger partial charge < -0.3 is 14.9 Å². The third-order valence-electron chi connectivity index (χ3n) is 3.91. The van der Waals surface area contributed by atoms with Crippen LogP contribution < -0.4 is 4.74 Å². The van der Waals surface area contributed by atoms with Gasteiger partial charge in [0.2, 0.25) is 0 Å². The molecule has 2 rings (SSSR count). The molecule has 0 saturated heterocycles. The average molecular weight is 254 g/mol. The fraction of sp³-hybridized carbons (Fsp3) is 0.769. The summed E-state index contributed by atoms with van der Waals surface area (Å²) in [7, 11) is 3.30. The molecule has 0 aromatic carbocycles. The van der Waals surface area contributed by atoms with Gasteiger partial charge >= 0.3 is 0 Å². The summed E-state index contributed by atoms with van der Waals surface area (Å²) < 4.78 is 6.78. The summed E-state index contributed by atoms with van der Waals surface area (Å²) in [6, 6.07) is 0. The van der Waals surface area contributed by atoms with Crippen molar-refractivity contribution in [3.05, 3.63) is 11.9 Å². The predicted molar refractivity (Wildman–Crippen MR) is 67.4 cm³/mol. The lowest BCUT2D eigenvalue weighted by Crippen LogP contribution is -2.37. The van der Waals surface area contributed by atoms with E-state index in [1.165, 1.54) is 0 Å². The minimum Gasteiger partial charge on any atom is -0.493 e. The second-order valence-corrected chi connectivity index (χ2v) is 5.14. The van der Waals surface area contributed by atoms with E-state index in [4.69, 9.17) is 4.74 Å². The summed E-state index contributed by atoms with van der Waals surface area (Å²) in [5.74, 6) is 0.530. The first-order valence-electron chi connectivity index (χ1n) is 6.55. The molecule has 2 N–H and O–H groups in total. The molecular weight excluding hydrogens is 232 g/mol. The third kappa shape index (κ3) is 2.37. The Bertz CT molecular complexity index is 395. The Kier molecular flexibility index (Phi) is 3.92. The highest BCUT2D eigenvalue weighted by Gasteiger charge is 2.39. The van der Waals surface area contributed by atoms with Crippen LogP contribution in [0.15, 0.2) is 6.20 Å². The van der Waals surface area contributed by atoms with Gasteiger partial charge in [-0.25, -0.2) is 0 Å². The van der Waals surface area contributed by atoms with Crippen molar-refractivity contribution in [2.45, 2.75) is 50.2 Å². The maximum atomic E-state index is 10.7. The van der Waals surface area contributed by atoms with Gasteiger partial charge in [0.1, 0.15) is 11.8 Å². The molecule has 1 aliphatic carbocycles. The van der Waals surface area contributed by atoms with Crippen LogP contribution in [0.4, 0.5) is 0 Å². The highest BCUT2D eigenvalue weighted by Crippen LogP contribution is 2.39. The van der Waals surface area contributed by atoms with Gasteiger partial charge in [0, 0.05) is 7.05 Å². The van der Waals surface area contributed by atoms with E-state index in [-0.39, 0.29) is 0 Å². The number of aryl methyl sites for hydroxylation is 1. The maximum absolute atomic E-state index is 10.7. The van der Waals surface area contributed by atoms with Crippen LogP contribution in [0.2, 0.25) is 0 Å². The highest BCUT2D eigenvalue weighted by atomic mass is 16.5. The first-order valence-corrected chi connectivity index (χ1v) is 6.55. The van der Waals surface area contributed by atoms with E-state index in [1.807, 2.05) is 0 Å². The first-order chi connectivity index (χ1) is 8.58. The van der Waals surface area contributed by atoms with Crippen molar-refractivity contribution in [2.75, 3.05) is 7.11 Å². The van der Waals surface area contributed by atoms with E-state index in [0.29, 0.717) is 24.3 Å². The molecule has 0 aliphatic heterocycles. The smallest absolute Gasteiger partial charge is 0.162 e. The van der Waals surface area contributed by atoms with Crippen molar-refractivity contribution in [3.63, 3.8) is 0 Å². The topological polar surface area (TPSA) is 67.5 Å². The molecule has 5 heteroatoms. The van der Waals surface area contributed by atoms with Crippen LogP contribution >= 0.6 is 0 Å². The average Bonchev–Trinajstić information content (AvgIpc) is 2.57. The molecule has 0 amide bonds. The van der Waals surface area contributed by atoms with Gasteiger partial charge in [0.05, 0.1) is 18.9 Å². The zero-order valence-electron chi connectivity index (χ0n) is 11.1. The summed E-state index contributed by atoms with van der Waals surface area (Å²) in [5, 5.41) is 25.3. The molecule has 1 aromatic rings. The molecule has 0 bridgehead atoms. The van der Waals surface area contributed by atoms with Gasteiger partial charge in [-0.05, 0) is 12.8 Å². The lowest BCUT2D eigenvalue weighted by molar-refractivity contribution is -0.0906. The molecule has 1 fully saturated rings. The van der Waals surface area contributed by atoms with E-state index in [0.717, 1.165) is 25.7 Å². The molecule has 1 aromatic heterocycles. The van der Waals surface area contributed by atoms with Crippen molar-refractivity contribution in [2.24, 2.45) is 7.05 Å². The second kappa shape index (κ2) is 5.28. The molecule has 0 spiro atoms. The lowest BCUT2D eigenvalue weighted by atomic mass is 9.86. The molecule has 18 heavy (non-hydrogen) atoms. The third-order valence-corrected chi connectivity index (χ3v) is 3.91. The Labute approximate surface area is 107 Å². The molecule has 5 nitrogen and oxygen atoms in total. The number of nitrogens with zero attached hydrogens (tertiary/aromatic N) is 2. The van der Waals surface area contributed by atoms with Gasteiger partial charge in [-0.15, -0.1) is 0 Å². The molecule has 1 heterocycles. The van der Waals surface area contributed by atoms with Gasteiger partial charge in [0.25, 0.3) is 0 Å². The van der Waals surface area contributed by atoms with Crippen LogP contribution in [0, 0.1) is 0 Å². The standard InChI is InChI=1S/C13H22N2O3/c1-15-11(10(18-2)9-14-15)12(16)13(17)7-5-3-4-6-8-13/h9,12,16-17H,3-8H2,1-2H3. The number of rotatable bonds is 3. The number of aliphatic hydroxyl groups is 2. The van der Waals surface area contributed by atoms with Gasteiger partial charge in [0.15, 0.2) is 5.75 Å². The van der Waals surface area contributed by atoms with E-state index < -0.39 is 11.7 Å². The maximum Gasteiger partial charge on any atom is 0.162 e.